The van der Waals surface area contributed by atoms with E-state index in [1.807, 2.05) is 7.05 Å². The zero-order valence-electron chi connectivity index (χ0n) is 13.8. The van der Waals surface area contributed by atoms with Gasteiger partial charge in [0.05, 0.1) is 0 Å². The Morgan fingerprint density at radius 3 is 2.41 bits per heavy atom. The van der Waals surface area contributed by atoms with Crippen LogP contribution in [0.2, 0.25) is 0 Å². The number of nitrogens with zero attached hydrogens (tertiary/aromatic N) is 2. The van der Waals surface area contributed by atoms with E-state index in [1.165, 1.54) is 43.5 Å². The van der Waals surface area contributed by atoms with Crippen molar-refractivity contribution in [2.45, 2.75) is 32.7 Å². The van der Waals surface area contributed by atoms with Crippen LogP contribution in [0.4, 0.5) is 0 Å². The van der Waals surface area contributed by atoms with E-state index in [-0.39, 0.29) is 24.0 Å². The molecule has 0 amide bonds. The van der Waals surface area contributed by atoms with Gasteiger partial charge in [0.15, 0.2) is 5.96 Å². The molecule has 1 aromatic carbocycles. The van der Waals surface area contributed by atoms with Crippen LogP contribution in [0, 0.1) is 6.92 Å². The maximum absolute atomic E-state index is 4.28. The topological polar surface area (TPSA) is 39.7 Å². The normalized spacial score (nSPS) is 16.0. The molecule has 124 valence electrons. The molecule has 1 heterocycles. The van der Waals surface area contributed by atoms with E-state index in [9.17, 15) is 0 Å². The van der Waals surface area contributed by atoms with Crippen molar-refractivity contribution in [2.24, 2.45) is 4.99 Å². The monoisotopic (exact) mass is 416 g/mol. The zero-order chi connectivity index (χ0) is 14.9. The molecule has 0 bridgehead atoms. The first-order valence-corrected chi connectivity index (χ1v) is 8.00. The summed E-state index contributed by atoms with van der Waals surface area (Å²) in [5.41, 5.74) is 2.57. The van der Waals surface area contributed by atoms with Crippen molar-refractivity contribution in [3.05, 3.63) is 35.4 Å². The first-order valence-electron chi connectivity index (χ1n) is 8.00. The van der Waals surface area contributed by atoms with E-state index in [2.05, 4.69) is 51.7 Å². The standard InChI is InChI=1S/C17H28N4.HI/c1-15-6-8-16(9-7-15)14-20-17(18-2)19-10-13-21-11-4-3-5-12-21;/h6-9H,3-5,10-14H2,1-2H3,(H2,18,19,20);1H. The summed E-state index contributed by atoms with van der Waals surface area (Å²) < 4.78 is 0. The molecule has 1 saturated heterocycles. The average Bonchev–Trinajstić information content (AvgIpc) is 2.53. The Morgan fingerprint density at radius 2 is 1.77 bits per heavy atom. The highest BCUT2D eigenvalue weighted by Crippen LogP contribution is 2.07. The molecule has 22 heavy (non-hydrogen) atoms. The number of aryl methyl sites for hydroxylation is 1. The van der Waals surface area contributed by atoms with E-state index in [1.54, 1.807) is 0 Å². The molecule has 2 N–H and O–H groups in total. The summed E-state index contributed by atoms with van der Waals surface area (Å²) in [6, 6.07) is 8.60. The number of likely N-dealkylation sites (tertiary alicyclic amines) is 1. The fraction of sp³-hybridized carbons (Fsp3) is 0.588. The Morgan fingerprint density at radius 1 is 1.09 bits per heavy atom. The minimum absolute atomic E-state index is 0. The SMILES string of the molecule is CN=C(NCCN1CCCCC1)NCc1ccc(C)cc1.I. The van der Waals surface area contributed by atoms with Gasteiger partial charge in [-0.1, -0.05) is 36.2 Å². The Kier molecular flexibility index (Phi) is 9.47. The van der Waals surface area contributed by atoms with Crippen LogP contribution < -0.4 is 10.6 Å². The molecule has 0 aromatic heterocycles. The summed E-state index contributed by atoms with van der Waals surface area (Å²) in [4.78, 5) is 6.81. The molecule has 1 fully saturated rings. The maximum Gasteiger partial charge on any atom is 0.191 e. The molecule has 1 aromatic rings. The second-order valence-electron chi connectivity index (χ2n) is 5.74. The van der Waals surface area contributed by atoms with Gasteiger partial charge in [-0.05, 0) is 38.4 Å². The van der Waals surface area contributed by atoms with E-state index < -0.39 is 0 Å². The van der Waals surface area contributed by atoms with Crippen molar-refractivity contribution >= 4 is 29.9 Å². The minimum atomic E-state index is 0. The van der Waals surface area contributed by atoms with Gasteiger partial charge < -0.3 is 15.5 Å². The number of nitrogens with one attached hydrogen (secondary N) is 2. The third kappa shape index (κ3) is 6.96. The molecule has 4 nitrogen and oxygen atoms in total. The van der Waals surface area contributed by atoms with Crippen molar-refractivity contribution in [1.82, 2.24) is 15.5 Å². The molecule has 0 aliphatic carbocycles. The highest BCUT2D eigenvalue weighted by molar-refractivity contribution is 14.0. The van der Waals surface area contributed by atoms with Gasteiger partial charge in [-0.2, -0.15) is 0 Å². The quantitative estimate of drug-likeness (QED) is 0.441. The molecule has 0 spiro atoms. The second kappa shape index (κ2) is 10.8. The van der Waals surface area contributed by atoms with Gasteiger partial charge in [0, 0.05) is 26.7 Å². The van der Waals surface area contributed by atoms with Crippen molar-refractivity contribution < 1.29 is 0 Å². The zero-order valence-corrected chi connectivity index (χ0v) is 16.1. The van der Waals surface area contributed by atoms with Gasteiger partial charge in [-0.3, -0.25) is 4.99 Å². The smallest absolute Gasteiger partial charge is 0.191 e. The highest BCUT2D eigenvalue weighted by atomic mass is 127. The van der Waals surface area contributed by atoms with Crippen molar-refractivity contribution in [2.75, 3.05) is 33.2 Å². The van der Waals surface area contributed by atoms with E-state index in [0.717, 1.165) is 25.6 Å². The molecule has 5 heteroatoms. The summed E-state index contributed by atoms with van der Waals surface area (Å²) >= 11 is 0. The molecule has 1 aliphatic heterocycles. The Labute approximate surface area is 151 Å². The van der Waals surface area contributed by atoms with E-state index in [4.69, 9.17) is 0 Å². The van der Waals surface area contributed by atoms with Crippen LogP contribution in [-0.2, 0) is 6.54 Å². The predicted octanol–water partition coefficient (Wildman–Crippen LogP) is 2.76. The third-order valence-corrected chi connectivity index (χ3v) is 3.97. The highest BCUT2D eigenvalue weighted by Gasteiger charge is 2.09. The third-order valence-electron chi connectivity index (χ3n) is 3.97. The molecule has 0 unspecified atom stereocenters. The summed E-state index contributed by atoms with van der Waals surface area (Å²) in [6.45, 7) is 7.47. The number of halogens is 1. The summed E-state index contributed by atoms with van der Waals surface area (Å²) in [5, 5.41) is 6.76. The maximum atomic E-state index is 4.28. The number of hydrogen-bond donors (Lipinski definition) is 2. The Hall–Kier alpha value is -0.820. The first-order chi connectivity index (χ1) is 10.3. The first kappa shape index (κ1) is 19.2. The second-order valence-corrected chi connectivity index (χ2v) is 5.74. The largest absolute Gasteiger partial charge is 0.355 e. The molecule has 0 saturated carbocycles. The van der Waals surface area contributed by atoms with Crippen LogP contribution in [0.25, 0.3) is 0 Å². The van der Waals surface area contributed by atoms with Gasteiger partial charge in [-0.25, -0.2) is 0 Å². The van der Waals surface area contributed by atoms with Crippen molar-refractivity contribution in [1.29, 1.82) is 0 Å². The van der Waals surface area contributed by atoms with Crippen LogP contribution in [0.15, 0.2) is 29.3 Å². The number of aliphatic imine (C=N–C) groups is 1. The lowest BCUT2D eigenvalue weighted by Crippen LogP contribution is -2.42. The van der Waals surface area contributed by atoms with Crippen LogP contribution in [-0.4, -0.2) is 44.1 Å². The van der Waals surface area contributed by atoms with Gasteiger partial charge in [0.2, 0.25) is 0 Å². The number of guanidine groups is 1. The molecule has 0 atom stereocenters. The molecule has 1 aliphatic rings. The van der Waals surface area contributed by atoms with Crippen molar-refractivity contribution in [3.63, 3.8) is 0 Å². The Bertz CT molecular complexity index is 438. The predicted molar refractivity (Wildman–Crippen MR) is 105 cm³/mol. The van der Waals surface area contributed by atoms with E-state index >= 15 is 0 Å². The summed E-state index contributed by atoms with van der Waals surface area (Å²) in [6.07, 6.45) is 4.09. The Balaban J connectivity index is 0.00000242. The fourth-order valence-electron chi connectivity index (χ4n) is 2.63. The molecular formula is C17H29IN4. The van der Waals surface area contributed by atoms with E-state index in [0.29, 0.717) is 0 Å². The lowest BCUT2D eigenvalue weighted by molar-refractivity contribution is 0.232. The van der Waals surface area contributed by atoms with Crippen LogP contribution in [0.1, 0.15) is 30.4 Å². The number of rotatable bonds is 5. The van der Waals surface area contributed by atoms with Gasteiger partial charge >= 0.3 is 0 Å². The molecule has 0 radical (unpaired) electrons. The van der Waals surface area contributed by atoms with Crippen molar-refractivity contribution in [3.8, 4) is 0 Å². The minimum Gasteiger partial charge on any atom is -0.355 e. The number of piperidine rings is 1. The number of hydrogen-bond acceptors (Lipinski definition) is 2. The van der Waals surface area contributed by atoms with Gasteiger partial charge in [-0.15, -0.1) is 24.0 Å². The number of benzene rings is 1. The summed E-state index contributed by atoms with van der Waals surface area (Å²) in [7, 11) is 1.82. The summed E-state index contributed by atoms with van der Waals surface area (Å²) in [5.74, 6) is 0.882. The molecular weight excluding hydrogens is 387 g/mol. The average molecular weight is 416 g/mol. The van der Waals surface area contributed by atoms with Gasteiger partial charge in [0.25, 0.3) is 0 Å². The molecule has 2 rings (SSSR count). The van der Waals surface area contributed by atoms with Crippen LogP contribution in [0.3, 0.4) is 0 Å². The van der Waals surface area contributed by atoms with Gasteiger partial charge in [0.1, 0.15) is 0 Å². The lowest BCUT2D eigenvalue weighted by Gasteiger charge is -2.26. The fourth-order valence-corrected chi connectivity index (χ4v) is 2.63. The van der Waals surface area contributed by atoms with Crippen LogP contribution in [0.5, 0.6) is 0 Å². The lowest BCUT2D eigenvalue weighted by atomic mass is 10.1. The van der Waals surface area contributed by atoms with Crippen LogP contribution >= 0.6 is 24.0 Å².